The summed E-state index contributed by atoms with van der Waals surface area (Å²) in [7, 11) is 1.59. The summed E-state index contributed by atoms with van der Waals surface area (Å²) < 4.78 is 50.2. The summed E-state index contributed by atoms with van der Waals surface area (Å²) in [5.41, 5.74) is 1.26. The van der Waals surface area contributed by atoms with Crippen molar-refractivity contribution in [1.29, 1.82) is 0 Å². The molecule has 1 N–H and O–H groups in total. The molecule has 7 heteroatoms. The van der Waals surface area contributed by atoms with Crippen molar-refractivity contribution >= 4 is 0 Å². The number of rotatable bonds is 4. The largest absolute Gasteiger partial charge is 0.497 e. The molecule has 0 bridgehead atoms. The minimum absolute atomic E-state index is 0.191. The van der Waals surface area contributed by atoms with Crippen LogP contribution in [0.25, 0.3) is 22.6 Å². The van der Waals surface area contributed by atoms with Gasteiger partial charge in [-0.15, -0.1) is 0 Å². The van der Waals surface area contributed by atoms with E-state index in [0.717, 1.165) is 43.6 Å². The second-order valence-electron chi connectivity index (χ2n) is 7.06. The van der Waals surface area contributed by atoms with Crippen LogP contribution in [0.2, 0.25) is 0 Å². The van der Waals surface area contributed by atoms with Gasteiger partial charge >= 0.3 is 6.18 Å². The van der Waals surface area contributed by atoms with Gasteiger partial charge in [0.15, 0.2) is 11.7 Å². The number of ether oxygens (including phenoxy) is 1. The van der Waals surface area contributed by atoms with E-state index in [1.54, 1.807) is 7.11 Å². The molecule has 152 valence electrons. The number of hydrogen-bond donors (Lipinski definition) is 1. The maximum atomic E-state index is 12.9. The minimum Gasteiger partial charge on any atom is -0.497 e. The van der Waals surface area contributed by atoms with Crippen molar-refractivity contribution in [3.8, 4) is 28.3 Å². The van der Waals surface area contributed by atoms with Crippen LogP contribution in [0, 0.1) is 0 Å². The highest BCUT2D eigenvalue weighted by atomic mass is 19.4. The van der Waals surface area contributed by atoms with Gasteiger partial charge in [-0.25, -0.2) is 4.98 Å². The molecule has 1 aromatic heterocycles. The Balaban J connectivity index is 1.76. The number of methoxy groups -OCH3 is 1. The smallest absolute Gasteiger partial charge is 0.416 e. The zero-order valence-corrected chi connectivity index (χ0v) is 15.9. The van der Waals surface area contributed by atoms with Crippen molar-refractivity contribution in [2.24, 2.45) is 0 Å². The third kappa shape index (κ3) is 4.15. The average Bonchev–Trinajstić information content (AvgIpc) is 3.19. The summed E-state index contributed by atoms with van der Waals surface area (Å²) >= 11 is 0. The van der Waals surface area contributed by atoms with Crippen molar-refractivity contribution < 1.29 is 22.3 Å². The molecule has 0 radical (unpaired) electrons. The summed E-state index contributed by atoms with van der Waals surface area (Å²) in [5.74, 6) is 2.09. The number of oxazole rings is 1. The normalized spacial score (nSPS) is 15.4. The molecule has 4 nitrogen and oxygen atoms in total. The first-order chi connectivity index (χ1) is 14.0. The van der Waals surface area contributed by atoms with Crippen molar-refractivity contribution in [3.63, 3.8) is 0 Å². The van der Waals surface area contributed by atoms with Gasteiger partial charge in [-0.2, -0.15) is 13.2 Å². The predicted octanol–water partition coefficient (Wildman–Crippen LogP) is 5.50. The molecule has 29 heavy (non-hydrogen) atoms. The van der Waals surface area contributed by atoms with Crippen LogP contribution in [0.5, 0.6) is 5.75 Å². The van der Waals surface area contributed by atoms with Gasteiger partial charge in [-0.3, -0.25) is 0 Å². The topological polar surface area (TPSA) is 47.3 Å². The third-order valence-electron chi connectivity index (χ3n) is 5.17. The zero-order chi connectivity index (χ0) is 20.4. The monoisotopic (exact) mass is 402 g/mol. The Kier molecular flexibility index (Phi) is 5.32. The quantitative estimate of drug-likeness (QED) is 0.626. The van der Waals surface area contributed by atoms with Gasteiger partial charge in [0.05, 0.1) is 12.7 Å². The van der Waals surface area contributed by atoms with E-state index in [1.165, 1.54) is 12.1 Å². The Bertz CT molecular complexity index is 957. The van der Waals surface area contributed by atoms with Crippen molar-refractivity contribution in [3.05, 3.63) is 60.0 Å². The first-order valence-electron chi connectivity index (χ1n) is 9.49. The van der Waals surface area contributed by atoms with Crippen molar-refractivity contribution in [1.82, 2.24) is 10.3 Å². The van der Waals surface area contributed by atoms with Crippen LogP contribution in [-0.2, 0) is 6.18 Å². The molecule has 2 aromatic carbocycles. The lowest BCUT2D eigenvalue weighted by atomic mass is 9.98. The predicted molar refractivity (Wildman–Crippen MR) is 104 cm³/mol. The fraction of sp³-hybridized carbons (Fsp3) is 0.318. The molecular formula is C22H21F3N2O2. The highest BCUT2D eigenvalue weighted by Crippen LogP contribution is 2.38. The number of hydrogen-bond acceptors (Lipinski definition) is 4. The Morgan fingerprint density at radius 3 is 2.17 bits per heavy atom. The number of nitrogens with one attached hydrogen (secondary N) is 1. The molecule has 0 spiro atoms. The Morgan fingerprint density at radius 1 is 0.966 bits per heavy atom. The number of halogens is 3. The Labute approximate surface area is 166 Å². The van der Waals surface area contributed by atoms with Gasteiger partial charge < -0.3 is 14.5 Å². The zero-order valence-electron chi connectivity index (χ0n) is 15.9. The van der Waals surface area contributed by atoms with Crippen LogP contribution in [0.4, 0.5) is 13.2 Å². The maximum Gasteiger partial charge on any atom is 0.416 e. The molecule has 0 amide bonds. The minimum atomic E-state index is -4.37. The van der Waals surface area contributed by atoms with Crippen LogP contribution in [-0.4, -0.2) is 25.2 Å². The molecule has 0 saturated carbocycles. The van der Waals surface area contributed by atoms with Crippen molar-refractivity contribution in [2.45, 2.75) is 24.9 Å². The molecule has 1 aliphatic rings. The number of nitrogens with zero attached hydrogens (tertiary/aromatic N) is 1. The van der Waals surface area contributed by atoms with E-state index in [0.29, 0.717) is 28.7 Å². The van der Waals surface area contributed by atoms with Gasteiger partial charge in [0, 0.05) is 17.0 Å². The molecular weight excluding hydrogens is 381 g/mol. The van der Waals surface area contributed by atoms with Crippen LogP contribution >= 0.6 is 0 Å². The summed E-state index contributed by atoms with van der Waals surface area (Å²) in [5, 5.41) is 3.31. The van der Waals surface area contributed by atoms with Gasteiger partial charge in [-0.05, 0) is 62.3 Å². The maximum absolute atomic E-state index is 12.9. The average molecular weight is 402 g/mol. The number of benzene rings is 2. The second kappa shape index (κ2) is 7.91. The molecule has 2 heterocycles. The fourth-order valence-corrected chi connectivity index (χ4v) is 3.53. The van der Waals surface area contributed by atoms with E-state index < -0.39 is 11.7 Å². The lowest BCUT2D eigenvalue weighted by Gasteiger charge is -2.19. The Hall–Kier alpha value is -2.80. The summed E-state index contributed by atoms with van der Waals surface area (Å²) in [6, 6.07) is 12.4. The lowest BCUT2D eigenvalue weighted by molar-refractivity contribution is -0.137. The number of aromatic nitrogens is 1. The fourth-order valence-electron chi connectivity index (χ4n) is 3.53. The summed E-state index contributed by atoms with van der Waals surface area (Å²) in [4.78, 5) is 4.71. The highest BCUT2D eigenvalue weighted by Gasteiger charge is 2.30. The van der Waals surface area contributed by atoms with Crippen LogP contribution < -0.4 is 10.1 Å². The number of piperidine rings is 1. The van der Waals surface area contributed by atoms with Crippen LogP contribution in [0.15, 0.2) is 52.9 Å². The highest BCUT2D eigenvalue weighted by molar-refractivity contribution is 5.77. The molecule has 0 unspecified atom stereocenters. The van der Waals surface area contributed by atoms with E-state index in [-0.39, 0.29) is 5.92 Å². The van der Waals surface area contributed by atoms with Gasteiger partial charge in [-0.1, -0.05) is 12.1 Å². The second-order valence-corrected chi connectivity index (χ2v) is 7.06. The third-order valence-corrected chi connectivity index (χ3v) is 5.17. The summed E-state index contributed by atoms with van der Waals surface area (Å²) in [6.07, 6.45) is -2.55. The summed E-state index contributed by atoms with van der Waals surface area (Å²) in [6.45, 7) is 1.78. The van der Waals surface area contributed by atoms with Gasteiger partial charge in [0.1, 0.15) is 11.4 Å². The standard InChI is InChI=1S/C22H21F3N2O2/c1-28-18-8-4-15(5-9-18)20-19(14-2-6-17(7-3-14)22(23,24)25)27-21(29-20)16-10-12-26-13-11-16/h2-9,16,26H,10-13H2,1H3. The molecule has 0 aliphatic carbocycles. The van der Waals surface area contributed by atoms with E-state index in [2.05, 4.69) is 5.32 Å². The molecule has 1 aliphatic heterocycles. The van der Waals surface area contributed by atoms with E-state index in [4.69, 9.17) is 14.1 Å². The number of alkyl halides is 3. The Morgan fingerprint density at radius 2 is 1.59 bits per heavy atom. The van der Waals surface area contributed by atoms with Crippen molar-refractivity contribution in [2.75, 3.05) is 20.2 Å². The van der Waals surface area contributed by atoms with Crippen LogP contribution in [0.3, 0.4) is 0 Å². The van der Waals surface area contributed by atoms with Crippen LogP contribution in [0.1, 0.15) is 30.2 Å². The SMILES string of the molecule is COc1ccc(-c2oc(C3CCNCC3)nc2-c2ccc(C(F)(F)F)cc2)cc1. The first kappa shape index (κ1) is 19.5. The molecule has 3 aromatic rings. The van der Waals surface area contributed by atoms with E-state index in [1.807, 2.05) is 24.3 Å². The van der Waals surface area contributed by atoms with Gasteiger partial charge in [0.2, 0.25) is 0 Å². The molecule has 4 rings (SSSR count). The molecule has 0 atom stereocenters. The lowest BCUT2D eigenvalue weighted by Crippen LogP contribution is -2.26. The van der Waals surface area contributed by atoms with E-state index in [9.17, 15) is 13.2 Å². The molecule has 1 saturated heterocycles. The first-order valence-corrected chi connectivity index (χ1v) is 9.49. The van der Waals surface area contributed by atoms with E-state index >= 15 is 0 Å². The molecule has 1 fully saturated rings. The van der Waals surface area contributed by atoms with Gasteiger partial charge in [0.25, 0.3) is 0 Å².